The Balaban J connectivity index is 1.60. The van der Waals surface area contributed by atoms with Crippen LogP contribution in [0.5, 0.6) is 0 Å². The SMILES string of the molecule is Cc1c[nH]c(=O)n1-c1ccccc1NC(=O)Cn1nc(-c2ccccc2)ccc1=O. The highest BCUT2D eigenvalue weighted by atomic mass is 16.2. The molecular weight excluding hydrogens is 382 g/mol. The Kier molecular flexibility index (Phi) is 5.13. The van der Waals surface area contributed by atoms with E-state index < -0.39 is 5.91 Å². The van der Waals surface area contributed by atoms with Gasteiger partial charge in [0.15, 0.2) is 0 Å². The van der Waals surface area contributed by atoms with Gasteiger partial charge in [0.05, 0.1) is 17.1 Å². The van der Waals surface area contributed by atoms with Crippen molar-refractivity contribution in [3.63, 3.8) is 0 Å². The van der Waals surface area contributed by atoms with E-state index in [1.807, 2.05) is 30.3 Å². The highest BCUT2D eigenvalue weighted by Crippen LogP contribution is 2.20. The normalized spacial score (nSPS) is 10.7. The van der Waals surface area contributed by atoms with Crippen LogP contribution in [0.25, 0.3) is 16.9 Å². The topological polar surface area (TPSA) is 102 Å². The number of carbonyl (C=O) groups excluding carboxylic acids is 1. The number of hydrogen-bond donors (Lipinski definition) is 2. The first-order valence-electron chi connectivity index (χ1n) is 9.33. The zero-order chi connectivity index (χ0) is 21.1. The average molecular weight is 401 g/mol. The van der Waals surface area contributed by atoms with E-state index in [2.05, 4.69) is 15.4 Å². The summed E-state index contributed by atoms with van der Waals surface area (Å²) in [5.41, 5.74) is 2.46. The van der Waals surface area contributed by atoms with Crippen LogP contribution in [0.15, 0.2) is 82.5 Å². The Labute approximate surface area is 171 Å². The molecule has 0 aliphatic carbocycles. The number of para-hydroxylation sites is 2. The third-order valence-electron chi connectivity index (χ3n) is 4.61. The number of amides is 1. The van der Waals surface area contributed by atoms with Crippen molar-refractivity contribution in [2.45, 2.75) is 13.5 Å². The van der Waals surface area contributed by atoms with Gasteiger partial charge in [0.1, 0.15) is 6.54 Å². The van der Waals surface area contributed by atoms with Crippen LogP contribution in [0.1, 0.15) is 5.69 Å². The lowest BCUT2D eigenvalue weighted by Gasteiger charge is -2.13. The van der Waals surface area contributed by atoms with Gasteiger partial charge in [-0.1, -0.05) is 42.5 Å². The minimum atomic E-state index is -0.427. The number of nitrogens with zero attached hydrogens (tertiary/aromatic N) is 3. The van der Waals surface area contributed by atoms with Crippen molar-refractivity contribution in [2.75, 3.05) is 5.32 Å². The number of rotatable bonds is 5. The van der Waals surface area contributed by atoms with Crippen LogP contribution >= 0.6 is 0 Å². The standard InChI is InChI=1S/C22H19N5O3/c1-15-13-23-22(30)27(15)19-10-6-5-9-18(19)24-20(28)14-26-21(29)12-11-17(25-26)16-7-3-2-4-8-16/h2-13H,14H2,1H3,(H,23,30)(H,24,28). The maximum absolute atomic E-state index is 12.7. The minimum Gasteiger partial charge on any atom is -0.323 e. The van der Waals surface area contributed by atoms with Gasteiger partial charge in [-0.3, -0.25) is 14.2 Å². The van der Waals surface area contributed by atoms with Crippen molar-refractivity contribution in [3.05, 3.63) is 99.5 Å². The van der Waals surface area contributed by atoms with E-state index in [-0.39, 0.29) is 17.8 Å². The largest absolute Gasteiger partial charge is 0.330 e. The van der Waals surface area contributed by atoms with Gasteiger partial charge in [-0.25, -0.2) is 9.48 Å². The van der Waals surface area contributed by atoms with Gasteiger partial charge in [0.25, 0.3) is 5.56 Å². The van der Waals surface area contributed by atoms with Crippen LogP contribution in [0, 0.1) is 6.92 Å². The fourth-order valence-electron chi connectivity index (χ4n) is 3.18. The van der Waals surface area contributed by atoms with Crippen LogP contribution in [-0.4, -0.2) is 25.2 Å². The average Bonchev–Trinajstić information content (AvgIpc) is 3.09. The number of benzene rings is 2. The summed E-state index contributed by atoms with van der Waals surface area (Å²) < 4.78 is 2.59. The Morgan fingerprint density at radius 2 is 1.73 bits per heavy atom. The van der Waals surface area contributed by atoms with Crippen molar-refractivity contribution < 1.29 is 4.79 Å². The van der Waals surface area contributed by atoms with Gasteiger partial charge in [0.2, 0.25) is 5.91 Å². The van der Waals surface area contributed by atoms with E-state index in [4.69, 9.17) is 0 Å². The number of imidazole rings is 1. The molecule has 2 N–H and O–H groups in total. The van der Waals surface area contributed by atoms with Gasteiger partial charge in [-0.05, 0) is 25.1 Å². The number of aryl methyl sites for hydroxylation is 1. The Hall–Kier alpha value is -4.20. The maximum Gasteiger partial charge on any atom is 0.330 e. The van der Waals surface area contributed by atoms with Crippen molar-refractivity contribution in [3.8, 4) is 16.9 Å². The van der Waals surface area contributed by atoms with Crippen molar-refractivity contribution in [1.82, 2.24) is 19.3 Å². The lowest BCUT2D eigenvalue weighted by atomic mass is 10.1. The number of aromatic nitrogens is 4. The number of anilines is 1. The van der Waals surface area contributed by atoms with Crippen molar-refractivity contribution in [1.29, 1.82) is 0 Å². The molecule has 1 amide bonds. The van der Waals surface area contributed by atoms with Crippen LogP contribution < -0.4 is 16.6 Å². The number of hydrogen-bond acceptors (Lipinski definition) is 4. The summed E-state index contributed by atoms with van der Waals surface area (Å²) in [5, 5.41) is 7.08. The third kappa shape index (κ3) is 3.83. The Morgan fingerprint density at radius 3 is 2.47 bits per heavy atom. The van der Waals surface area contributed by atoms with Gasteiger partial charge in [0, 0.05) is 23.5 Å². The fraction of sp³-hybridized carbons (Fsp3) is 0.0909. The lowest BCUT2D eigenvalue weighted by Crippen LogP contribution is -2.29. The number of H-pyrrole nitrogens is 1. The van der Waals surface area contributed by atoms with Gasteiger partial charge in [-0.2, -0.15) is 5.10 Å². The van der Waals surface area contributed by atoms with Crippen molar-refractivity contribution >= 4 is 11.6 Å². The smallest absolute Gasteiger partial charge is 0.323 e. The minimum absolute atomic E-state index is 0.255. The zero-order valence-corrected chi connectivity index (χ0v) is 16.2. The molecule has 4 aromatic rings. The summed E-state index contributed by atoms with van der Waals surface area (Å²) in [6, 6.07) is 19.4. The molecule has 8 nitrogen and oxygen atoms in total. The third-order valence-corrected chi connectivity index (χ3v) is 4.61. The summed E-state index contributed by atoms with van der Waals surface area (Å²) in [6.07, 6.45) is 1.60. The Morgan fingerprint density at radius 1 is 1.00 bits per heavy atom. The number of aromatic amines is 1. The molecule has 2 heterocycles. The van der Waals surface area contributed by atoms with Crippen LogP contribution in [0.3, 0.4) is 0 Å². The molecule has 0 atom stereocenters. The molecule has 0 radical (unpaired) electrons. The van der Waals surface area contributed by atoms with E-state index >= 15 is 0 Å². The van der Waals surface area contributed by atoms with E-state index in [0.29, 0.717) is 22.8 Å². The molecule has 0 spiro atoms. The molecule has 2 aromatic carbocycles. The maximum atomic E-state index is 12.7. The molecule has 4 rings (SSSR count). The summed E-state index contributed by atoms with van der Waals surface area (Å²) in [6.45, 7) is 1.53. The molecule has 0 unspecified atom stereocenters. The first-order valence-corrected chi connectivity index (χ1v) is 9.33. The highest BCUT2D eigenvalue weighted by molar-refractivity contribution is 5.92. The van der Waals surface area contributed by atoms with Gasteiger partial charge >= 0.3 is 5.69 Å². The Bertz CT molecular complexity index is 1320. The fourth-order valence-corrected chi connectivity index (χ4v) is 3.18. The summed E-state index contributed by atoms with van der Waals surface area (Å²) >= 11 is 0. The summed E-state index contributed by atoms with van der Waals surface area (Å²) in [4.78, 5) is 39.6. The van der Waals surface area contributed by atoms with Crippen LogP contribution in [0.4, 0.5) is 5.69 Å². The molecule has 30 heavy (non-hydrogen) atoms. The molecule has 0 saturated carbocycles. The molecular formula is C22H19N5O3. The van der Waals surface area contributed by atoms with E-state index in [0.717, 1.165) is 10.2 Å². The molecule has 0 saturated heterocycles. The highest BCUT2D eigenvalue weighted by Gasteiger charge is 2.13. The predicted molar refractivity (Wildman–Crippen MR) is 114 cm³/mol. The summed E-state index contributed by atoms with van der Waals surface area (Å²) in [5.74, 6) is -0.427. The molecule has 0 bridgehead atoms. The number of nitrogens with one attached hydrogen (secondary N) is 2. The second-order valence-electron chi connectivity index (χ2n) is 6.72. The van der Waals surface area contributed by atoms with Gasteiger partial charge in [-0.15, -0.1) is 0 Å². The monoisotopic (exact) mass is 401 g/mol. The quantitative estimate of drug-likeness (QED) is 0.536. The lowest BCUT2D eigenvalue weighted by molar-refractivity contribution is -0.117. The molecule has 2 aromatic heterocycles. The van der Waals surface area contributed by atoms with E-state index in [1.54, 1.807) is 43.5 Å². The first-order chi connectivity index (χ1) is 14.5. The first kappa shape index (κ1) is 19.1. The molecule has 0 fully saturated rings. The van der Waals surface area contributed by atoms with Gasteiger partial charge < -0.3 is 10.3 Å². The molecule has 0 aliphatic heterocycles. The molecule has 150 valence electrons. The predicted octanol–water partition coefficient (Wildman–Crippen LogP) is 2.34. The van der Waals surface area contributed by atoms with Crippen LogP contribution in [0.2, 0.25) is 0 Å². The number of carbonyl (C=O) groups is 1. The molecule has 0 aliphatic rings. The second-order valence-corrected chi connectivity index (χ2v) is 6.72. The van der Waals surface area contributed by atoms with E-state index in [9.17, 15) is 14.4 Å². The zero-order valence-electron chi connectivity index (χ0n) is 16.2. The second kappa shape index (κ2) is 8.04. The molecule has 8 heteroatoms. The van der Waals surface area contributed by atoms with Crippen LogP contribution in [-0.2, 0) is 11.3 Å². The summed E-state index contributed by atoms with van der Waals surface area (Å²) in [7, 11) is 0. The van der Waals surface area contributed by atoms with E-state index in [1.165, 1.54) is 10.6 Å². The van der Waals surface area contributed by atoms with Crippen molar-refractivity contribution in [2.24, 2.45) is 0 Å².